The molecule has 1 aliphatic rings. The second-order valence-corrected chi connectivity index (χ2v) is 10.4. The molecule has 4 rings (SSSR count). The number of aromatic nitrogens is 2. The molecular formula is C25H33N5O4S. The van der Waals surface area contributed by atoms with E-state index in [2.05, 4.69) is 46.4 Å². The quantitative estimate of drug-likeness (QED) is 0.441. The lowest BCUT2D eigenvalue weighted by Gasteiger charge is -2.26. The molecule has 0 bridgehead atoms. The number of aryl methyl sites for hydroxylation is 2. The molecule has 35 heavy (non-hydrogen) atoms. The third-order valence-corrected chi connectivity index (χ3v) is 7.08. The molecule has 9 nitrogen and oxygen atoms in total. The number of nitrogens with one attached hydrogen (secondary N) is 1. The van der Waals surface area contributed by atoms with E-state index in [1.165, 1.54) is 17.7 Å². The lowest BCUT2D eigenvalue weighted by atomic mass is 10.1. The first-order valence-corrected chi connectivity index (χ1v) is 13.5. The average Bonchev–Trinajstić information content (AvgIpc) is 3.19. The second-order valence-electron chi connectivity index (χ2n) is 8.86. The number of carbonyl (C=O) groups is 1. The molecule has 1 saturated heterocycles. The van der Waals surface area contributed by atoms with Crippen molar-refractivity contribution in [2.24, 2.45) is 5.14 Å². The fraction of sp³-hybridized carbons (Fsp3) is 0.440. The Bertz CT molecular complexity index is 1260. The summed E-state index contributed by atoms with van der Waals surface area (Å²) >= 11 is 0. The Balaban J connectivity index is 1.33. The van der Waals surface area contributed by atoms with E-state index < -0.39 is 10.0 Å². The van der Waals surface area contributed by atoms with Gasteiger partial charge in [0, 0.05) is 45.6 Å². The van der Waals surface area contributed by atoms with Gasteiger partial charge in [-0.05, 0) is 35.7 Å². The Kier molecular flexibility index (Phi) is 8.17. The van der Waals surface area contributed by atoms with Gasteiger partial charge in [-0.25, -0.2) is 18.5 Å². The summed E-state index contributed by atoms with van der Waals surface area (Å²) in [6, 6.07) is 13.0. The number of nitrogens with two attached hydrogens (primary N) is 1. The van der Waals surface area contributed by atoms with Crippen LogP contribution in [-0.4, -0.2) is 55.1 Å². The first-order chi connectivity index (χ1) is 16.8. The van der Waals surface area contributed by atoms with E-state index in [1.807, 2.05) is 4.57 Å². The fourth-order valence-electron chi connectivity index (χ4n) is 4.29. The highest BCUT2D eigenvalue weighted by Gasteiger charge is 2.16. The molecule has 2 aromatic carbocycles. The lowest BCUT2D eigenvalue weighted by molar-refractivity contribution is -0.121. The Hall–Kier alpha value is -2.79. The molecule has 0 atom stereocenters. The van der Waals surface area contributed by atoms with Gasteiger partial charge in [0.15, 0.2) is 0 Å². The molecule has 0 aliphatic carbocycles. The van der Waals surface area contributed by atoms with Crippen LogP contribution in [0.1, 0.15) is 36.7 Å². The summed E-state index contributed by atoms with van der Waals surface area (Å²) in [4.78, 5) is 19.5. The number of ether oxygens (including phenoxy) is 1. The van der Waals surface area contributed by atoms with E-state index in [-0.39, 0.29) is 10.8 Å². The van der Waals surface area contributed by atoms with Gasteiger partial charge in [-0.15, -0.1) is 0 Å². The summed E-state index contributed by atoms with van der Waals surface area (Å²) in [6.45, 7) is 7.67. The molecule has 3 aromatic rings. The summed E-state index contributed by atoms with van der Waals surface area (Å²) in [5, 5.41) is 8.24. The number of carbonyl (C=O) groups excluding carboxylic acids is 1. The zero-order valence-corrected chi connectivity index (χ0v) is 20.9. The van der Waals surface area contributed by atoms with Gasteiger partial charge >= 0.3 is 0 Å². The molecule has 188 valence electrons. The molecule has 1 aliphatic heterocycles. The van der Waals surface area contributed by atoms with Gasteiger partial charge in [-0.2, -0.15) is 0 Å². The molecular weight excluding hydrogens is 466 g/mol. The number of hydrogen-bond donors (Lipinski definition) is 2. The smallest absolute Gasteiger partial charge is 0.238 e. The summed E-state index contributed by atoms with van der Waals surface area (Å²) in [7, 11) is -3.80. The number of morpholine rings is 1. The van der Waals surface area contributed by atoms with E-state index in [4.69, 9.17) is 9.88 Å². The Morgan fingerprint density at radius 1 is 1.11 bits per heavy atom. The third kappa shape index (κ3) is 6.66. The van der Waals surface area contributed by atoms with Gasteiger partial charge in [0.05, 0.1) is 29.1 Å². The van der Waals surface area contributed by atoms with E-state index >= 15 is 0 Å². The number of fused-ring (bicyclic) bond motifs is 1. The SMILES string of the molecule is CCCn1c(CCC(=O)NCc2ccc(CN3CCOCC3)cc2)nc2cc(S(N)(=O)=O)ccc21. The van der Waals surface area contributed by atoms with Crippen molar-refractivity contribution >= 4 is 27.0 Å². The first-order valence-electron chi connectivity index (χ1n) is 12.0. The third-order valence-electron chi connectivity index (χ3n) is 6.17. The molecule has 0 saturated carbocycles. The zero-order chi connectivity index (χ0) is 24.8. The van der Waals surface area contributed by atoms with Crippen molar-refractivity contribution in [2.75, 3.05) is 26.3 Å². The van der Waals surface area contributed by atoms with E-state index in [0.29, 0.717) is 24.9 Å². The molecule has 10 heteroatoms. The van der Waals surface area contributed by atoms with Crippen LogP contribution in [0.3, 0.4) is 0 Å². The minimum absolute atomic E-state index is 0.0337. The number of hydrogen-bond acceptors (Lipinski definition) is 6. The maximum absolute atomic E-state index is 12.5. The molecule has 1 aromatic heterocycles. The summed E-state index contributed by atoms with van der Waals surface area (Å²) < 4.78 is 30.8. The monoisotopic (exact) mass is 499 g/mol. The van der Waals surface area contributed by atoms with Crippen LogP contribution in [0.25, 0.3) is 11.0 Å². The van der Waals surface area contributed by atoms with Crippen molar-refractivity contribution in [3.63, 3.8) is 0 Å². The lowest BCUT2D eigenvalue weighted by Crippen LogP contribution is -2.35. The van der Waals surface area contributed by atoms with Gasteiger partial charge < -0.3 is 14.6 Å². The summed E-state index contributed by atoms with van der Waals surface area (Å²) in [6.07, 6.45) is 1.65. The zero-order valence-electron chi connectivity index (χ0n) is 20.1. The number of imidazole rings is 1. The molecule has 1 fully saturated rings. The Morgan fingerprint density at radius 2 is 1.83 bits per heavy atom. The largest absolute Gasteiger partial charge is 0.379 e. The van der Waals surface area contributed by atoms with Gasteiger partial charge in [0.1, 0.15) is 5.82 Å². The fourth-order valence-corrected chi connectivity index (χ4v) is 4.83. The normalized spacial score (nSPS) is 14.9. The van der Waals surface area contributed by atoms with Crippen molar-refractivity contribution < 1.29 is 17.9 Å². The van der Waals surface area contributed by atoms with Crippen molar-refractivity contribution in [1.29, 1.82) is 0 Å². The van der Waals surface area contributed by atoms with Crippen LogP contribution in [0.15, 0.2) is 47.4 Å². The maximum atomic E-state index is 12.5. The highest BCUT2D eigenvalue weighted by Crippen LogP contribution is 2.21. The van der Waals surface area contributed by atoms with Crippen molar-refractivity contribution in [2.45, 2.75) is 50.7 Å². The highest BCUT2D eigenvalue weighted by molar-refractivity contribution is 7.89. The molecule has 3 N–H and O–H groups in total. The molecule has 0 radical (unpaired) electrons. The Labute approximate surface area is 206 Å². The van der Waals surface area contributed by atoms with Crippen molar-refractivity contribution in [3.8, 4) is 0 Å². The van der Waals surface area contributed by atoms with Crippen LogP contribution in [0.4, 0.5) is 0 Å². The number of rotatable bonds is 10. The maximum Gasteiger partial charge on any atom is 0.238 e. The number of amides is 1. The van der Waals surface area contributed by atoms with Gasteiger partial charge in [0.25, 0.3) is 0 Å². The predicted molar refractivity (Wildman–Crippen MR) is 134 cm³/mol. The number of sulfonamides is 1. The second kappa shape index (κ2) is 11.3. The molecule has 2 heterocycles. The molecule has 1 amide bonds. The van der Waals surface area contributed by atoms with Gasteiger partial charge in [-0.1, -0.05) is 31.2 Å². The van der Waals surface area contributed by atoms with Crippen molar-refractivity contribution in [3.05, 3.63) is 59.4 Å². The van der Waals surface area contributed by atoms with Gasteiger partial charge in [-0.3, -0.25) is 9.69 Å². The van der Waals surface area contributed by atoms with Gasteiger partial charge in [0.2, 0.25) is 15.9 Å². The first kappa shape index (κ1) is 25.3. The van der Waals surface area contributed by atoms with E-state index in [0.717, 1.165) is 62.7 Å². The average molecular weight is 500 g/mol. The number of nitrogens with zero attached hydrogens (tertiary/aromatic N) is 3. The molecule has 0 spiro atoms. The Morgan fingerprint density at radius 3 is 2.51 bits per heavy atom. The molecule has 0 unspecified atom stereocenters. The summed E-state index contributed by atoms with van der Waals surface area (Å²) in [5.74, 6) is 0.707. The van der Waals surface area contributed by atoms with Crippen molar-refractivity contribution in [1.82, 2.24) is 19.8 Å². The van der Waals surface area contributed by atoms with Crippen LogP contribution in [0.5, 0.6) is 0 Å². The topological polar surface area (TPSA) is 120 Å². The number of benzene rings is 2. The standard InChI is InChI=1S/C25H33N5O4S/c1-2-11-30-23-8-7-21(35(26,32)33)16-22(23)28-24(30)9-10-25(31)27-17-19-3-5-20(6-4-19)18-29-12-14-34-15-13-29/h3-8,16H,2,9-15,17-18H2,1H3,(H,27,31)(H2,26,32,33). The van der Waals surface area contributed by atoms with Crippen LogP contribution in [0, 0.1) is 0 Å². The van der Waals surface area contributed by atoms with E-state index in [1.54, 1.807) is 6.07 Å². The predicted octanol–water partition coefficient (Wildman–Crippen LogP) is 2.17. The minimum atomic E-state index is -3.80. The van der Waals surface area contributed by atoms with Crippen LogP contribution >= 0.6 is 0 Å². The van der Waals surface area contributed by atoms with Crippen LogP contribution < -0.4 is 10.5 Å². The minimum Gasteiger partial charge on any atom is -0.379 e. The number of primary sulfonamides is 1. The van der Waals surface area contributed by atoms with E-state index in [9.17, 15) is 13.2 Å². The summed E-state index contributed by atoms with van der Waals surface area (Å²) in [5.41, 5.74) is 3.71. The van der Waals surface area contributed by atoms with Crippen LogP contribution in [0.2, 0.25) is 0 Å². The van der Waals surface area contributed by atoms with Crippen LogP contribution in [-0.2, 0) is 45.6 Å². The highest BCUT2D eigenvalue weighted by atomic mass is 32.2.